The van der Waals surface area contributed by atoms with Crippen LogP contribution in [0, 0.1) is 0 Å². The quantitative estimate of drug-likeness (QED) is 0.0602. The molecule has 0 aliphatic rings. The number of rotatable bonds is 18. The highest BCUT2D eigenvalue weighted by Crippen LogP contribution is 2.29. The van der Waals surface area contributed by atoms with Gasteiger partial charge in [-0.2, -0.15) is 0 Å². The Kier molecular flexibility index (Phi) is 15.3. The van der Waals surface area contributed by atoms with Gasteiger partial charge in [-0.3, -0.25) is 14.4 Å². The Hall–Kier alpha value is -4.64. The van der Waals surface area contributed by atoms with Gasteiger partial charge in [0.15, 0.2) is 0 Å². The lowest BCUT2D eigenvalue weighted by atomic mass is 9.94. The molecule has 0 saturated heterocycles. The van der Waals surface area contributed by atoms with Crippen molar-refractivity contribution in [1.82, 2.24) is 0 Å². The lowest BCUT2D eigenvalue weighted by molar-refractivity contribution is -0.148. The topological polar surface area (TPSA) is 99.1 Å². The molecule has 4 rings (SSSR count). The average Bonchev–Trinajstić information content (AvgIpc) is 3.10. The van der Waals surface area contributed by atoms with Crippen LogP contribution in [0.1, 0.15) is 91.7 Å². The fraction of sp³-hybridized carbons (Fsp3) is 0.286. The highest BCUT2D eigenvalue weighted by molar-refractivity contribution is 7.80. The van der Waals surface area contributed by atoms with E-state index in [0.29, 0.717) is 31.3 Å². The van der Waals surface area contributed by atoms with E-state index < -0.39 is 36.2 Å². The van der Waals surface area contributed by atoms with Crippen LogP contribution in [0.5, 0.6) is 5.75 Å². The van der Waals surface area contributed by atoms with E-state index in [9.17, 15) is 19.5 Å². The van der Waals surface area contributed by atoms with E-state index in [1.165, 1.54) is 0 Å². The summed E-state index contributed by atoms with van der Waals surface area (Å²) in [6.45, 7) is 5.39. The molecule has 0 heterocycles. The summed E-state index contributed by atoms with van der Waals surface area (Å²) in [6, 6.07) is 31.7. The highest BCUT2D eigenvalue weighted by Gasteiger charge is 2.20. The van der Waals surface area contributed by atoms with Gasteiger partial charge in [0.05, 0.1) is 19.3 Å². The maximum Gasteiger partial charge on any atom is 0.311 e. The predicted octanol–water partition coefficient (Wildman–Crippen LogP) is 9.21. The number of carbonyl (C=O) groups is 3. The maximum absolute atomic E-state index is 12.8. The van der Waals surface area contributed by atoms with Gasteiger partial charge in [-0.05, 0) is 54.2 Å². The van der Waals surface area contributed by atoms with E-state index in [1.807, 2.05) is 91.0 Å². The number of esters is 3. The van der Waals surface area contributed by atoms with Gasteiger partial charge in [0.1, 0.15) is 24.1 Å². The standard InChI is InChI=1S/C42H42O7S3/c1-27(31-13-7-4-8-14-31)47-39(43)24-36(50)21-30-19-34(22-37(51)25-40(44)48-28(2)32-15-9-5-10-16-32)42(46)35(20-30)23-38(52)26-41(45)49-29(3)33-17-11-6-12-18-33/h4-20,27-29,46H,21-26H2,1-3H3. The van der Waals surface area contributed by atoms with Gasteiger partial charge in [0.25, 0.3) is 0 Å². The van der Waals surface area contributed by atoms with Crippen LogP contribution < -0.4 is 0 Å². The molecule has 0 fully saturated rings. The summed E-state index contributed by atoms with van der Waals surface area (Å²) < 4.78 is 16.8. The van der Waals surface area contributed by atoms with Crippen LogP contribution >= 0.6 is 36.7 Å². The number of phenolic OH excluding ortho intramolecular Hbond substituents is 1. The van der Waals surface area contributed by atoms with Gasteiger partial charge in [0.2, 0.25) is 0 Å². The monoisotopic (exact) mass is 754 g/mol. The molecule has 52 heavy (non-hydrogen) atoms. The fourth-order valence-corrected chi connectivity index (χ4v) is 6.45. The van der Waals surface area contributed by atoms with Crippen molar-refractivity contribution in [1.29, 1.82) is 0 Å². The Morgan fingerprint density at radius 1 is 0.519 bits per heavy atom. The lowest BCUT2D eigenvalue weighted by Gasteiger charge is -2.17. The summed E-state index contributed by atoms with van der Waals surface area (Å²) in [5.41, 5.74) is 4.24. The lowest BCUT2D eigenvalue weighted by Crippen LogP contribution is -2.16. The van der Waals surface area contributed by atoms with E-state index in [2.05, 4.69) is 0 Å². The smallest absolute Gasteiger partial charge is 0.311 e. The maximum atomic E-state index is 12.8. The van der Waals surface area contributed by atoms with Crippen molar-refractivity contribution >= 4 is 69.2 Å². The zero-order chi connectivity index (χ0) is 37.6. The van der Waals surface area contributed by atoms with E-state index in [-0.39, 0.29) is 44.3 Å². The van der Waals surface area contributed by atoms with Crippen molar-refractivity contribution < 1.29 is 33.7 Å². The zero-order valence-corrected chi connectivity index (χ0v) is 31.9. The van der Waals surface area contributed by atoms with Gasteiger partial charge in [-0.1, -0.05) is 140 Å². The van der Waals surface area contributed by atoms with Crippen LogP contribution in [-0.4, -0.2) is 37.6 Å². The van der Waals surface area contributed by atoms with Crippen molar-refractivity contribution in [2.45, 2.75) is 77.6 Å². The van der Waals surface area contributed by atoms with E-state index in [4.69, 9.17) is 50.9 Å². The molecule has 0 saturated carbocycles. The molecule has 7 nitrogen and oxygen atoms in total. The Bertz CT molecular complexity index is 1780. The highest BCUT2D eigenvalue weighted by atomic mass is 32.1. The van der Waals surface area contributed by atoms with Crippen molar-refractivity contribution in [3.63, 3.8) is 0 Å². The number of hydrogen-bond donors (Lipinski definition) is 1. The van der Waals surface area contributed by atoms with Crippen molar-refractivity contribution in [3.05, 3.63) is 137 Å². The van der Waals surface area contributed by atoms with Crippen LogP contribution in [0.25, 0.3) is 0 Å². The van der Waals surface area contributed by atoms with Crippen molar-refractivity contribution in [2.75, 3.05) is 0 Å². The minimum absolute atomic E-state index is 0.0486. The van der Waals surface area contributed by atoms with Gasteiger partial charge in [-0.15, -0.1) is 0 Å². The molecule has 0 radical (unpaired) electrons. The Morgan fingerprint density at radius 3 is 1.12 bits per heavy atom. The van der Waals surface area contributed by atoms with E-state index in [1.54, 1.807) is 32.9 Å². The SMILES string of the molecule is CC(OC(=O)CC(=S)Cc1cc(CC(=S)CC(=O)OC(C)c2ccccc2)c(O)c(CC(=S)CC(=O)OC(C)c2ccccc2)c1)c1ccccc1. The van der Waals surface area contributed by atoms with Crippen molar-refractivity contribution in [2.24, 2.45) is 0 Å². The fourth-order valence-electron chi connectivity index (χ4n) is 5.62. The molecule has 0 aromatic heterocycles. The first-order valence-corrected chi connectivity index (χ1v) is 18.2. The molecule has 3 atom stereocenters. The first-order valence-electron chi connectivity index (χ1n) is 17.0. The zero-order valence-electron chi connectivity index (χ0n) is 29.4. The normalized spacial score (nSPS) is 12.5. The summed E-state index contributed by atoms with van der Waals surface area (Å²) in [6.07, 6.45) is -1.23. The van der Waals surface area contributed by atoms with Gasteiger partial charge in [0, 0.05) is 33.9 Å². The van der Waals surface area contributed by atoms with Gasteiger partial charge < -0.3 is 19.3 Å². The Labute approximate surface area is 321 Å². The predicted molar refractivity (Wildman–Crippen MR) is 214 cm³/mol. The molecule has 4 aromatic carbocycles. The molecule has 0 aliphatic carbocycles. The van der Waals surface area contributed by atoms with Crippen LogP contribution in [0.3, 0.4) is 0 Å². The summed E-state index contributed by atoms with van der Waals surface area (Å²) >= 11 is 16.8. The number of carbonyl (C=O) groups excluding carboxylic acids is 3. The van der Waals surface area contributed by atoms with E-state index in [0.717, 1.165) is 16.7 Å². The second kappa shape index (κ2) is 19.8. The molecule has 1 N–H and O–H groups in total. The second-order valence-electron chi connectivity index (χ2n) is 12.6. The molecule has 10 heteroatoms. The molecular weight excluding hydrogens is 713 g/mol. The number of ether oxygens (including phenoxy) is 3. The molecule has 0 aliphatic heterocycles. The third-order valence-corrected chi connectivity index (χ3v) is 9.13. The average molecular weight is 755 g/mol. The molecule has 0 bridgehead atoms. The number of aromatic hydroxyl groups is 1. The molecular formula is C42H42O7S3. The third kappa shape index (κ3) is 12.8. The summed E-state index contributed by atoms with van der Waals surface area (Å²) in [5, 5.41) is 11.4. The van der Waals surface area contributed by atoms with Crippen LogP contribution in [0.15, 0.2) is 103 Å². The second-order valence-corrected chi connectivity index (χ2v) is 14.3. The molecule has 270 valence electrons. The van der Waals surface area contributed by atoms with Crippen molar-refractivity contribution in [3.8, 4) is 5.75 Å². The largest absolute Gasteiger partial charge is 0.507 e. The first kappa shape index (κ1) is 40.1. The number of hydrogen-bond acceptors (Lipinski definition) is 10. The minimum atomic E-state index is -0.480. The summed E-state index contributed by atoms with van der Waals surface area (Å²) in [4.78, 5) is 39.5. The Balaban J connectivity index is 1.45. The van der Waals surface area contributed by atoms with E-state index >= 15 is 0 Å². The summed E-state index contributed by atoms with van der Waals surface area (Å²) in [7, 11) is 0. The molecule has 0 spiro atoms. The molecule has 3 unspecified atom stereocenters. The van der Waals surface area contributed by atoms with Gasteiger partial charge in [-0.25, -0.2) is 0 Å². The molecule has 0 amide bonds. The first-order chi connectivity index (χ1) is 24.9. The molecule has 4 aromatic rings. The summed E-state index contributed by atoms with van der Waals surface area (Å²) in [5.74, 6) is -1.46. The van der Waals surface area contributed by atoms with Crippen LogP contribution in [0.2, 0.25) is 0 Å². The number of phenols is 1. The minimum Gasteiger partial charge on any atom is -0.507 e. The third-order valence-electron chi connectivity index (χ3n) is 8.26. The van der Waals surface area contributed by atoms with Crippen LogP contribution in [-0.2, 0) is 47.9 Å². The van der Waals surface area contributed by atoms with Gasteiger partial charge >= 0.3 is 17.9 Å². The van der Waals surface area contributed by atoms with Crippen LogP contribution in [0.4, 0.5) is 0 Å². The number of benzene rings is 4. The Morgan fingerprint density at radius 2 is 0.808 bits per heavy atom. The number of thiocarbonyl (C=S) groups is 3.